The molecule has 1 N–H and O–H groups in total. The minimum atomic E-state index is -0.250. The van der Waals surface area contributed by atoms with Crippen molar-refractivity contribution in [3.63, 3.8) is 0 Å². The van der Waals surface area contributed by atoms with Gasteiger partial charge < -0.3 is 9.84 Å². The molecule has 0 amide bonds. The third-order valence-corrected chi connectivity index (χ3v) is 4.34. The number of ether oxygens (including phenoxy) is 1. The van der Waals surface area contributed by atoms with Crippen molar-refractivity contribution in [2.45, 2.75) is 116 Å². The molecule has 0 rings (SSSR count). The fourth-order valence-electron chi connectivity index (χ4n) is 2.80. The van der Waals surface area contributed by atoms with Gasteiger partial charge in [-0.3, -0.25) is 0 Å². The van der Waals surface area contributed by atoms with Gasteiger partial charge in [0.1, 0.15) is 0 Å². The van der Waals surface area contributed by atoms with E-state index in [0.29, 0.717) is 6.61 Å². The number of aliphatic hydroxyl groups excluding tert-OH is 1. The highest BCUT2D eigenvalue weighted by Crippen LogP contribution is 2.10. The largest absolute Gasteiger partial charge is 0.391 e. The lowest BCUT2D eigenvalue weighted by Gasteiger charge is -2.11. The third-order valence-electron chi connectivity index (χ3n) is 4.34. The van der Waals surface area contributed by atoms with Crippen LogP contribution in [0.25, 0.3) is 0 Å². The minimum Gasteiger partial charge on any atom is -0.391 e. The first-order chi connectivity index (χ1) is 10.8. The maximum absolute atomic E-state index is 9.85. The summed E-state index contributed by atoms with van der Waals surface area (Å²) < 4.78 is 5.59. The van der Waals surface area contributed by atoms with Gasteiger partial charge in [-0.15, -0.1) is 0 Å². The Bertz CT molecular complexity index is 194. The summed E-state index contributed by atoms with van der Waals surface area (Å²) >= 11 is 0. The predicted octanol–water partition coefficient (Wildman–Crippen LogP) is 6.26. The first-order valence-electron chi connectivity index (χ1n) is 10.1. The van der Waals surface area contributed by atoms with Crippen molar-refractivity contribution in [1.82, 2.24) is 0 Å². The van der Waals surface area contributed by atoms with E-state index in [2.05, 4.69) is 13.8 Å². The van der Waals surface area contributed by atoms with Gasteiger partial charge in [-0.1, -0.05) is 97.3 Å². The zero-order chi connectivity index (χ0) is 16.3. The summed E-state index contributed by atoms with van der Waals surface area (Å²) in [6, 6.07) is 0. The van der Waals surface area contributed by atoms with Gasteiger partial charge in [0.25, 0.3) is 0 Å². The van der Waals surface area contributed by atoms with Crippen molar-refractivity contribution in [3.8, 4) is 0 Å². The number of rotatable bonds is 18. The second kappa shape index (κ2) is 19.0. The van der Waals surface area contributed by atoms with Crippen LogP contribution in [0.15, 0.2) is 0 Å². The fraction of sp³-hybridized carbons (Fsp3) is 1.00. The Morgan fingerprint density at radius 1 is 0.636 bits per heavy atom. The summed E-state index contributed by atoms with van der Waals surface area (Å²) in [5.74, 6) is 0. The molecule has 0 aromatic carbocycles. The van der Waals surface area contributed by atoms with Gasteiger partial charge in [-0.25, -0.2) is 0 Å². The highest BCUT2D eigenvalue weighted by Gasteiger charge is 2.03. The summed E-state index contributed by atoms with van der Waals surface area (Å²) in [5.41, 5.74) is 0. The Hall–Kier alpha value is -0.0800. The smallest absolute Gasteiger partial charge is 0.0773 e. The molecule has 134 valence electrons. The molecule has 1 atom stereocenters. The number of aliphatic hydroxyl groups is 1. The molecule has 0 aromatic rings. The van der Waals surface area contributed by atoms with E-state index in [1.165, 1.54) is 77.0 Å². The SMILES string of the molecule is CCCCCCCCCCOCC(O)CCCCCCCC. The molecule has 22 heavy (non-hydrogen) atoms. The summed E-state index contributed by atoms with van der Waals surface area (Å²) in [4.78, 5) is 0. The lowest BCUT2D eigenvalue weighted by molar-refractivity contribution is 0.0297. The number of unbranched alkanes of at least 4 members (excludes halogenated alkanes) is 12. The van der Waals surface area contributed by atoms with Crippen molar-refractivity contribution in [2.75, 3.05) is 13.2 Å². The van der Waals surface area contributed by atoms with Crippen molar-refractivity contribution >= 4 is 0 Å². The summed E-state index contributed by atoms with van der Waals surface area (Å²) in [6.07, 6.45) is 19.0. The molecule has 0 radical (unpaired) electrons. The molecule has 0 saturated carbocycles. The first kappa shape index (κ1) is 21.9. The van der Waals surface area contributed by atoms with Crippen molar-refractivity contribution in [2.24, 2.45) is 0 Å². The molecule has 2 heteroatoms. The highest BCUT2D eigenvalue weighted by atomic mass is 16.5. The highest BCUT2D eigenvalue weighted by molar-refractivity contribution is 4.55. The Morgan fingerprint density at radius 2 is 1.09 bits per heavy atom. The fourth-order valence-corrected chi connectivity index (χ4v) is 2.80. The van der Waals surface area contributed by atoms with E-state index in [0.717, 1.165) is 25.9 Å². The maximum atomic E-state index is 9.85. The Kier molecular flexibility index (Phi) is 18.9. The molecule has 0 aliphatic carbocycles. The van der Waals surface area contributed by atoms with Gasteiger partial charge >= 0.3 is 0 Å². The van der Waals surface area contributed by atoms with Crippen LogP contribution < -0.4 is 0 Å². The van der Waals surface area contributed by atoms with E-state index in [1.54, 1.807) is 0 Å². The maximum Gasteiger partial charge on any atom is 0.0773 e. The van der Waals surface area contributed by atoms with E-state index in [1.807, 2.05) is 0 Å². The van der Waals surface area contributed by atoms with E-state index in [9.17, 15) is 5.11 Å². The molecule has 1 unspecified atom stereocenters. The van der Waals surface area contributed by atoms with Gasteiger partial charge in [-0.2, -0.15) is 0 Å². The summed E-state index contributed by atoms with van der Waals surface area (Å²) in [6.45, 7) is 5.86. The van der Waals surface area contributed by atoms with Crippen molar-refractivity contribution < 1.29 is 9.84 Å². The van der Waals surface area contributed by atoms with Crippen LogP contribution in [0.2, 0.25) is 0 Å². The van der Waals surface area contributed by atoms with Crippen LogP contribution in [0.5, 0.6) is 0 Å². The molecule has 2 nitrogen and oxygen atoms in total. The van der Waals surface area contributed by atoms with Crippen molar-refractivity contribution in [3.05, 3.63) is 0 Å². The third kappa shape index (κ3) is 18.0. The lowest BCUT2D eigenvalue weighted by atomic mass is 10.1. The molecule has 0 aromatic heterocycles. The second-order valence-corrected chi connectivity index (χ2v) is 6.76. The van der Waals surface area contributed by atoms with E-state index >= 15 is 0 Å². The molecule has 0 aliphatic rings. The van der Waals surface area contributed by atoms with Crippen LogP contribution in [0.1, 0.15) is 110 Å². The molecular weight excluding hydrogens is 272 g/mol. The van der Waals surface area contributed by atoms with Crippen molar-refractivity contribution in [1.29, 1.82) is 0 Å². The molecule has 0 heterocycles. The Balaban J connectivity index is 3.10. The zero-order valence-corrected chi connectivity index (χ0v) is 15.5. The van der Waals surface area contributed by atoms with Crippen LogP contribution in [0, 0.1) is 0 Å². The molecule has 0 bridgehead atoms. The molecule has 0 aliphatic heterocycles. The van der Waals surface area contributed by atoms with Gasteiger partial charge in [0.05, 0.1) is 12.7 Å². The summed E-state index contributed by atoms with van der Waals surface area (Å²) in [5, 5.41) is 9.85. The molecule has 0 saturated heterocycles. The van der Waals surface area contributed by atoms with Crippen LogP contribution in [-0.2, 0) is 4.74 Å². The Morgan fingerprint density at radius 3 is 1.64 bits per heavy atom. The first-order valence-corrected chi connectivity index (χ1v) is 10.1. The van der Waals surface area contributed by atoms with Gasteiger partial charge in [-0.05, 0) is 12.8 Å². The van der Waals surface area contributed by atoms with E-state index in [4.69, 9.17) is 4.74 Å². The van der Waals surface area contributed by atoms with Gasteiger partial charge in [0.2, 0.25) is 0 Å². The normalized spacial score (nSPS) is 12.7. The number of hydrogen-bond donors (Lipinski definition) is 1. The standard InChI is InChI=1S/C20H42O2/c1-3-5-7-9-11-12-14-16-18-22-19-20(21)17-15-13-10-8-6-4-2/h20-21H,3-19H2,1-2H3. The van der Waals surface area contributed by atoms with Crippen LogP contribution in [-0.4, -0.2) is 24.4 Å². The summed E-state index contributed by atoms with van der Waals surface area (Å²) in [7, 11) is 0. The van der Waals surface area contributed by atoms with E-state index in [-0.39, 0.29) is 6.10 Å². The van der Waals surface area contributed by atoms with Crippen LogP contribution >= 0.6 is 0 Å². The van der Waals surface area contributed by atoms with Crippen LogP contribution in [0.4, 0.5) is 0 Å². The zero-order valence-electron chi connectivity index (χ0n) is 15.5. The quantitative estimate of drug-likeness (QED) is 0.303. The van der Waals surface area contributed by atoms with Crippen LogP contribution in [0.3, 0.4) is 0 Å². The Labute approximate surface area is 140 Å². The predicted molar refractivity (Wildman–Crippen MR) is 97.4 cm³/mol. The van der Waals surface area contributed by atoms with Gasteiger partial charge in [0, 0.05) is 6.61 Å². The lowest BCUT2D eigenvalue weighted by Crippen LogP contribution is -2.15. The molecule has 0 fully saturated rings. The minimum absolute atomic E-state index is 0.250. The molecule has 0 spiro atoms. The second-order valence-electron chi connectivity index (χ2n) is 6.76. The average Bonchev–Trinajstić information content (AvgIpc) is 2.52. The van der Waals surface area contributed by atoms with E-state index < -0.39 is 0 Å². The topological polar surface area (TPSA) is 29.5 Å². The van der Waals surface area contributed by atoms with Gasteiger partial charge in [0.15, 0.2) is 0 Å². The average molecular weight is 315 g/mol. The monoisotopic (exact) mass is 314 g/mol. The number of hydrogen-bond acceptors (Lipinski definition) is 2. The molecular formula is C20H42O2.